The maximum absolute atomic E-state index is 13.2. The number of nitrogens with zero attached hydrogens (tertiary/aromatic N) is 5. The number of carbonyl (C=O) groups excluding carboxylic acids is 3. The summed E-state index contributed by atoms with van der Waals surface area (Å²) >= 11 is 0. The van der Waals surface area contributed by atoms with Crippen molar-refractivity contribution in [3.05, 3.63) is 0 Å². The third-order valence-corrected chi connectivity index (χ3v) is 14.3. The lowest BCUT2D eigenvalue weighted by atomic mass is 10.0. The Bertz CT molecular complexity index is 1290. The van der Waals surface area contributed by atoms with Gasteiger partial charge in [0, 0.05) is 52.4 Å². The number of rotatable bonds is 10. The molecule has 0 unspecified atom stereocenters. The number of carboxylic acid groups (broad SMARTS) is 2. The molecule has 0 saturated carbocycles. The number of likely N-dealkylation sites (tertiary alicyclic amines) is 1. The third kappa shape index (κ3) is 16.7. The molecular formula is C38H71N5O11Si. The highest BCUT2D eigenvalue weighted by Crippen LogP contribution is 2.40. The summed E-state index contributed by atoms with van der Waals surface area (Å²) in [5.41, 5.74) is -2.12. The van der Waals surface area contributed by atoms with Gasteiger partial charge in [-0.15, -0.1) is 0 Å². The van der Waals surface area contributed by atoms with Crippen LogP contribution in [0.2, 0.25) is 18.1 Å². The zero-order chi connectivity index (χ0) is 42.3. The van der Waals surface area contributed by atoms with Crippen molar-refractivity contribution in [2.45, 2.75) is 136 Å². The van der Waals surface area contributed by atoms with Crippen LogP contribution < -0.4 is 0 Å². The summed E-state index contributed by atoms with van der Waals surface area (Å²) in [6.07, 6.45) is -2.11. The number of carbonyl (C=O) groups is 5. The first-order valence-corrected chi connectivity index (χ1v) is 22.2. The van der Waals surface area contributed by atoms with E-state index >= 15 is 0 Å². The normalized spacial score (nSPS) is 22.7. The van der Waals surface area contributed by atoms with Gasteiger partial charge in [-0.3, -0.25) is 38.9 Å². The van der Waals surface area contributed by atoms with Gasteiger partial charge < -0.3 is 28.8 Å². The van der Waals surface area contributed by atoms with Gasteiger partial charge in [-0.2, -0.15) is 0 Å². The number of ether oxygens (including phenoxy) is 3. The Hall–Kier alpha value is -2.83. The van der Waals surface area contributed by atoms with Crippen LogP contribution >= 0.6 is 0 Å². The van der Waals surface area contributed by atoms with Crippen molar-refractivity contribution in [3.8, 4) is 0 Å². The Morgan fingerprint density at radius 1 is 0.582 bits per heavy atom. The van der Waals surface area contributed by atoms with Crippen LogP contribution in [0.3, 0.4) is 0 Å². The molecule has 2 heterocycles. The summed E-state index contributed by atoms with van der Waals surface area (Å²) in [6, 6.07) is -2.30. The smallest absolute Gasteiger partial charge is 0.408 e. The number of aliphatic carboxylic acids is 1. The molecule has 0 radical (unpaired) electrons. The van der Waals surface area contributed by atoms with Crippen LogP contribution in [0.4, 0.5) is 4.79 Å². The van der Waals surface area contributed by atoms with Crippen molar-refractivity contribution >= 4 is 38.3 Å². The largest absolute Gasteiger partial charge is 0.480 e. The van der Waals surface area contributed by atoms with Crippen LogP contribution in [0.5, 0.6) is 0 Å². The van der Waals surface area contributed by atoms with Gasteiger partial charge in [-0.25, -0.2) is 9.59 Å². The predicted octanol–water partition coefficient (Wildman–Crippen LogP) is 3.44. The molecule has 2 N–H and O–H groups in total. The molecule has 0 bridgehead atoms. The second-order valence-electron chi connectivity index (χ2n) is 19.2. The monoisotopic (exact) mass is 801 g/mol. The van der Waals surface area contributed by atoms with Crippen molar-refractivity contribution in [2.75, 3.05) is 78.5 Å². The Balaban J connectivity index is 2.63. The van der Waals surface area contributed by atoms with Gasteiger partial charge in [-0.1, -0.05) is 20.8 Å². The summed E-state index contributed by atoms with van der Waals surface area (Å²) in [5.74, 6) is -2.56. The molecule has 0 aromatic rings. The maximum Gasteiger partial charge on any atom is 0.408 e. The molecule has 2 aliphatic rings. The van der Waals surface area contributed by atoms with Crippen LogP contribution in [0.1, 0.15) is 83.1 Å². The van der Waals surface area contributed by atoms with Crippen LogP contribution in [0, 0.1) is 0 Å². The minimum Gasteiger partial charge on any atom is -0.480 e. The van der Waals surface area contributed by atoms with E-state index in [4.69, 9.17) is 18.6 Å². The van der Waals surface area contributed by atoms with Gasteiger partial charge in [0.15, 0.2) is 14.4 Å². The first-order valence-electron chi connectivity index (χ1n) is 19.3. The second kappa shape index (κ2) is 19.1. The SMILES string of the molecule is CC(C)(C)OC(=O)CN1CCN(CC(=O)OC(C)(C)C)CCN([C@@H]2[C@@H](O[Si](C)(C)C(C)(C)C)CN(C(=O)O)[C@@H]2C(=O)O)CCN(CC(=O)OC(C)(C)C)CC1. The molecule has 0 aliphatic carbocycles. The van der Waals surface area contributed by atoms with E-state index in [2.05, 4.69) is 20.8 Å². The lowest BCUT2D eigenvalue weighted by Gasteiger charge is -2.43. The molecule has 2 aliphatic heterocycles. The Labute approximate surface area is 329 Å². The molecule has 2 fully saturated rings. The molecule has 0 aromatic heterocycles. The molecule has 2 saturated heterocycles. The Kier molecular flexibility index (Phi) is 16.8. The fourth-order valence-corrected chi connectivity index (χ4v) is 7.70. The number of esters is 3. The minimum absolute atomic E-state index is 0.0101. The molecular weight excluding hydrogens is 731 g/mol. The van der Waals surface area contributed by atoms with E-state index in [1.165, 1.54) is 0 Å². The van der Waals surface area contributed by atoms with Gasteiger partial charge in [0.1, 0.15) is 16.8 Å². The molecule has 55 heavy (non-hydrogen) atoms. The topological polar surface area (TPSA) is 179 Å². The van der Waals surface area contributed by atoms with Crippen LogP contribution in [-0.4, -0.2) is 187 Å². The molecule has 2 rings (SSSR count). The molecule has 16 nitrogen and oxygen atoms in total. The first-order chi connectivity index (χ1) is 24.9. The van der Waals surface area contributed by atoms with E-state index in [9.17, 15) is 34.2 Å². The Morgan fingerprint density at radius 3 is 1.18 bits per heavy atom. The van der Waals surface area contributed by atoms with Crippen LogP contribution in [0.15, 0.2) is 0 Å². The summed E-state index contributed by atoms with van der Waals surface area (Å²) in [4.78, 5) is 73.6. The second-order valence-corrected chi connectivity index (χ2v) is 24.0. The molecule has 318 valence electrons. The summed E-state index contributed by atoms with van der Waals surface area (Å²) < 4.78 is 23.8. The molecule has 1 amide bonds. The Morgan fingerprint density at radius 2 is 0.909 bits per heavy atom. The zero-order valence-electron chi connectivity index (χ0n) is 36.0. The van der Waals surface area contributed by atoms with Gasteiger partial charge in [0.05, 0.1) is 38.3 Å². The van der Waals surface area contributed by atoms with Gasteiger partial charge >= 0.3 is 30.0 Å². The fraction of sp³-hybridized carbons (Fsp3) is 0.868. The highest BCUT2D eigenvalue weighted by Gasteiger charge is 2.54. The lowest BCUT2D eigenvalue weighted by Crippen LogP contribution is -2.58. The standard InChI is InChI=1S/C38H71N5O11Si/c1-35(2,3)51-28(44)24-39-15-17-40(25-29(45)52-36(4,5)6)19-21-42(22-20-41(18-16-39)26-30(46)53-37(7,8)9)31-27(54-55(13,14)38(10,11)12)23-43(34(49)50)32(31)33(47)48/h27,31-32H,15-26H2,1-14H3,(H,47,48)(H,49,50)/t27-,31+,32-/m0/s1. The number of carboxylic acids is 1. The van der Waals surface area contributed by atoms with Crippen molar-refractivity contribution in [2.24, 2.45) is 0 Å². The fourth-order valence-electron chi connectivity index (χ4n) is 6.37. The van der Waals surface area contributed by atoms with E-state index in [0.29, 0.717) is 26.2 Å². The van der Waals surface area contributed by atoms with Gasteiger partial charge in [-0.05, 0) is 80.4 Å². The minimum atomic E-state index is -2.54. The quantitative estimate of drug-likeness (QED) is 0.186. The molecule has 17 heteroatoms. The van der Waals surface area contributed by atoms with Gasteiger partial charge in [0.25, 0.3) is 0 Å². The van der Waals surface area contributed by atoms with E-state index in [1.807, 2.05) is 32.7 Å². The lowest BCUT2D eigenvalue weighted by molar-refractivity contribution is -0.158. The number of hydrogen-bond donors (Lipinski definition) is 2. The average molecular weight is 802 g/mol. The molecule has 3 atom stereocenters. The summed E-state index contributed by atoms with van der Waals surface area (Å²) in [7, 11) is -2.54. The summed E-state index contributed by atoms with van der Waals surface area (Å²) in [5, 5.41) is 20.6. The highest BCUT2D eigenvalue weighted by atomic mass is 28.4. The predicted molar refractivity (Wildman–Crippen MR) is 210 cm³/mol. The van der Waals surface area contributed by atoms with Gasteiger partial charge in [0.2, 0.25) is 0 Å². The molecule has 0 spiro atoms. The number of amides is 1. The maximum atomic E-state index is 13.2. The van der Waals surface area contributed by atoms with E-state index in [-0.39, 0.29) is 57.4 Å². The van der Waals surface area contributed by atoms with Crippen LogP contribution in [-0.2, 0) is 37.8 Å². The third-order valence-electron chi connectivity index (χ3n) is 9.78. The van der Waals surface area contributed by atoms with E-state index in [0.717, 1.165) is 4.90 Å². The van der Waals surface area contributed by atoms with Crippen molar-refractivity contribution in [1.29, 1.82) is 0 Å². The van der Waals surface area contributed by atoms with E-state index < -0.39 is 73.3 Å². The highest BCUT2D eigenvalue weighted by molar-refractivity contribution is 6.74. The zero-order valence-corrected chi connectivity index (χ0v) is 37.0. The first kappa shape index (κ1) is 48.3. The average Bonchev–Trinajstić information content (AvgIpc) is 3.32. The molecule has 0 aromatic carbocycles. The van der Waals surface area contributed by atoms with Crippen molar-refractivity contribution in [3.63, 3.8) is 0 Å². The van der Waals surface area contributed by atoms with Crippen molar-refractivity contribution < 1.29 is 52.8 Å². The van der Waals surface area contributed by atoms with Crippen LogP contribution in [0.25, 0.3) is 0 Å². The summed E-state index contributed by atoms with van der Waals surface area (Å²) in [6.45, 7) is 28.7. The van der Waals surface area contributed by atoms with E-state index in [1.54, 1.807) is 62.3 Å². The number of hydrogen-bond acceptors (Lipinski definition) is 13. The van der Waals surface area contributed by atoms with Crippen molar-refractivity contribution in [1.82, 2.24) is 24.5 Å².